The number of carbonyl (C=O) groups is 6. The maximum absolute atomic E-state index is 12.9. The third-order valence-corrected chi connectivity index (χ3v) is 9.90. The summed E-state index contributed by atoms with van der Waals surface area (Å²) in [7, 11) is 4.24. The summed E-state index contributed by atoms with van der Waals surface area (Å²) in [6.07, 6.45) is 4.57. The summed E-state index contributed by atoms with van der Waals surface area (Å²) < 4.78 is 34.4. The maximum atomic E-state index is 12.9. The van der Waals surface area contributed by atoms with Gasteiger partial charge in [-0.2, -0.15) is 0 Å². The van der Waals surface area contributed by atoms with Crippen molar-refractivity contribution in [3.8, 4) is 5.75 Å². The van der Waals surface area contributed by atoms with Gasteiger partial charge in [-0.25, -0.2) is 10.0 Å². The molecule has 0 fully saturated rings. The predicted octanol–water partition coefficient (Wildman–Crippen LogP) is 1.86. The first-order valence-electron chi connectivity index (χ1n) is 21.3. The number of methoxy groups -OCH3 is 1. The van der Waals surface area contributed by atoms with Crippen LogP contribution in [0.25, 0.3) is 15.4 Å². The molecule has 0 bridgehead atoms. The molecule has 25 heteroatoms. The minimum atomic E-state index is -0.961. The fourth-order valence-corrected chi connectivity index (χ4v) is 6.34. The average molecular weight is 948 g/mol. The Morgan fingerprint density at radius 1 is 0.803 bits per heavy atom. The van der Waals surface area contributed by atoms with E-state index in [-0.39, 0.29) is 81.7 Å². The highest BCUT2D eigenvalue weighted by Crippen LogP contribution is 2.23. The molecule has 0 aliphatic carbocycles. The molecule has 3 aromatic rings. The summed E-state index contributed by atoms with van der Waals surface area (Å²) in [5.74, 6) is -1.91. The largest absolute Gasteiger partial charge is 0.496 e. The first kappa shape index (κ1) is 54.4. The van der Waals surface area contributed by atoms with Gasteiger partial charge in [-0.3, -0.25) is 38.0 Å². The zero-order valence-electron chi connectivity index (χ0n) is 37.6. The van der Waals surface area contributed by atoms with E-state index in [9.17, 15) is 28.8 Å². The molecule has 0 radical (unpaired) electrons. The number of hydrogen-bond donors (Lipinski definition) is 5. The third kappa shape index (κ3) is 21.8. The summed E-state index contributed by atoms with van der Waals surface area (Å²) in [6, 6.07) is 3.78. The number of ether oxygens (including phenoxy) is 6. The summed E-state index contributed by atoms with van der Waals surface area (Å²) in [5, 5.41) is 20.0. The number of benzene rings is 1. The highest BCUT2D eigenvalue weighted by Gasteiger charge is 2.23. The second-order valence-electron chi connectivity index (χ2n) is 13.9. The highest BCUT2D eigenvalue weighted by molar-refractivity contribution is 7.15. The third-order valence-electron chi connectivity index (χ3n) is 9.13. The number of fused-ring (bicyclic) bond motifs is 1. The first-order valence-corrected chi connectivity index (χ1v) is 22.2. The van der Waals surface area contributed by atoms with Crippen LogP contribution in [0.2, 0.25) is 0 Å². The van der Waals surface area contributed by atoms with Crippen molar-refractivity contribution in [1.29, 1.82) is 0 Å². The van der Waals surface area contributed by atoms with Crippen LogP contribution in [-0.2, 0) is 47.7 Å². The van der Waals surface area contributed by atoms with Gasteiger partial charge in [-0.05, 0) is 43.0 Å². The molecule has 1 aromatic carbocycles. The summed E-state index contributed by atoms with van der Waals surface area (Å²) in [4.78, 5) is 87.9. The molecule has 0 aliphatic heterocycles. The molecular formula is C41H61N11O13S. The Bertz CT molecular complexity index is 1980. The van der Waals surface area contributed by atoms with Crippen molar-refractivity contribution in [2.45, 2.75) is 44.6 Å². The van der Waals surface area contributed by atoms with E-state index in [1.54, 1.807) is 22.7 Å². The topological polar surface area (TPSA) is 296 Å². The van der Waals surface area contributed by atoms with Gasteiger partial charge in [0.2, 0.25) is 23.6 Å². The van der Waals surface area contributed by atoms with Crippen LogP contribution in [0.5, 0.6) is 5.75 Å². The van der Waals surface area contributed by atoms with Crippen molar-refractivity contribution < 1.29 is 62.0 Å². The van der Waals surface area contributed by atoms with Crippen LogP contribution < -0.4 is 31.3 Å². The van der Waals surface area contributed by atoms with E-state index < -0.39 is 29.7 Å². The van der Waals surface area contributed by atoms with E-state index in [0.29, 0.717) is 88.6 Å². The van der Waals surface area contributed by atoms with Crippen LogP contribution in [-0.4, -0.2) is 169 Å². The molecule has 2 aromatic heterocycles. The number of imidazole rings is 1. The number of nitrogens with zero attached hydrogens (tertiary/aromatic N) is 6. The van der Waals surface area contributed by atoms with Crippen LogP contribution in [0, 0.1) is 0 Å². The van der Waals surface area contributed by atoms with Crippen LogP contribution in [0.1, 0.15) is 59.4 Å². The Kier molecular flexibility index (Phi) is 27.0. The van der Waals surface area contributed by atoms with Crippen molar-refractivity contribution in [2.75, 3.05) is 119 Å². The van der Waals surface area contributed by atoms with Crippen LogP contribution in [0.15, 0.2) is 41.1 Å². The number of carbonyl (C=O) groups excluding carboxylic acids is 6. The number of rotatable bonds is 36. The van der Waals surface area contributed by atoms with E-state index in [2.05, 4.69) is 41.6 Å². The zero-order valence-corrected chi connectivity index (χ0v) is 38.4. The van der Waals surface area contributed by atoms with Gasteiger partial charge in [0.05, 0.1) is 79.2 Å². The van der Waals surface area contributed by atoms with Crippen molar-refractivity contribution in [3.05, 3.63) is 57.7 Å². The number of thiazole rings is 1. The second-order valence-corrected chi connectivity index (χ2v) is 14.8. The Balaban J connectivity index is 1.15. The van der Waals surface area contributed by atoms with Gasteiger partial charge >= 0.3 is 0 Å². The molecule has 1 atom stereocenters. The summed E-state index contributed by atoms with van der Waals surface area (Å²) >= 11 is 1.41. The Hall–Kier alpha value is -5.92. The molecule has 3 rings (SSSR count). The number of amides is 6. The lowest BCUT2D eigenvalue weighted by Crippen LogP contribution is -2.48. The van der Waals surface area contributed by atoms with E-state index in [0.717, 1.165) is 5.06 Å². The van der Waals surface area contributed by atoms with Gasteiger partial charge in [-0.1, -0.05) is 5.11 Å². The molecule has 364 valence electrons. The van der Waals surface area contributed by atoms with Gasteiger partial charge in [0, 0.05) is 87.5 Å². The van der Waals surface area contributed by atoms with Gasteiger partial charge in [0.1, 0.15) is 17.5 Å². The lowest BCUT2D eigenvalue weighted by molar-refractivity contribution is -0.168. The smallest absolute Gasteiger partial charge is 0.275 e. The lowest BCUT2D eigenvalue weighted by atomic mass is 10.1. The molecule has 2 heterocycles. The molecule has 66 heavy (non-hydrogen) atoms. The molecule has 24 nitrogen and oxygen atoms in total. The SMILES string of the molecule is COc1ccc(NC(=O)c2cn3ccsc3n2)cc1C(=O)NCCCC(=O)NCCOCCOCCOCCOCCNC(=O)[C@@H](CCC(=O)N(C)OC)NC(=O)CCOCCCN=[N+]=[N-]. The van der Waals surface area contributed by atoms with E-state index in [1.807, 2.05) is 11.6 Å². The number of azide groups is 1. The Morgan fingerprint density at radius 2 is 1.48 bits per heavy atom. The fourth-order valence-electron chi connectivity index (χ4n) is 5.64. The number of anilines is 1. The molecule has 0 aliphatic rings. The van der Waals surface area contributed by atoms with Crippen molar-refractivity contribution in [1.82, 2.24) is 35.7 Å². The minimum Gasteiger partial charge on any atom is -0.496 e. The van der Waals surface area contributed by atoms with Crippen LogP contribution >= 0.6 is 11.3 Å². The van der Waals surface area contributed by atoms with E-state index in [4.69, 9.17) is 38.8 Å². The van der Waals surface area contributed by atoms with Crippen LogP contribution in [0.4, 0.5) is 5.69 Å². The quantitative estimate of drug-likeness (QED) is 0.0183. The highest BCUT2D eigenvalue weighted by atomic mass is 32.1. The Labute approximate surface area is 386 Å². The molecule has 5 N–H and O–H groups in total. The molecule has 0 saturated carbocycles. The molecule has 6 amide bonds. The van der Waals surface area contributed by atoms with Gasteiger partial charge < -0.3 is 55.0 Å². The summed E-state index contributed by atoms with van der Waals surface area (Å²) in [5.41, 5.74) is 9.18. The van der Waals surface area contributed by atoms with Gasteiger partial charge in [-0.15, -0.1) is 11.3 Å². The minimum absolute atomic E-state index is 0.00439. The molecular weight excluding hydrogens is 887 g/mol. The second kappa shape index (κ2) is 32.7. The van der Waals surface area contributed by atoms with Crippen molar-refractivity contribution >= 4 is 57.4 Å². The molecule has 0 unspecified atom stereocenters. The average Bonchev–Trinajstić information content (AvgIpc) is 3.94. The number of hydroxylamine groups is 2. The standard InChI is InChI=1S/C41H61N11O13S/c1-51(60-3)37(55)10-8-32(48-36(54)11-18-61-17-5-13-46-50-42)39(57)45-15-20-63-22-24-65-26-25-64-23-21-62-19-14-43-35(53)6-4-12-44-38(56)31-28-30(7-9-34(31)59-2)47-40(58)33-29-52-16-27-66-41(52)49-33/h7,9,16,27-29,32H,4-6,8,10-15,17-26H2,1-3H3,(H,43,53)(H,44,56)(H,45,57)(H,47,58)(H,48,54)/t32-/m1/s1. The molecule has 0 spiro atoms. The summed E-state index contributed by atoms with van der Waals surface area (Å²) in [6.45, 7) is 3.87. The number of aromatic nitrogens is 2. The Morgan fingerprint density at radius 3 is 2.15 bits per heavy atom. The van der Waals surface area contributed by atoms with Crippen molar-refractivity contribution in [3.63, 3.8) is 0 Å². The zero-order chi connectivity index (χ0) is 47.8. The van der Waals surface area contributed by atoms with Crippen molar-refractivity contribution in [2.24, 2.45) is 5.11 Å². The maximum Gasteiger partial charge on any atom is 0.275 e. The number of nitrogens with one attached hydrogen (secondary N) is 5. The van der Waals surface area contributed by atoms with Crippen LogP contribution in [0.3, 0.4) is 0 Å². The van der Waals surface area contributed by atoms with Gasteiger partial charge in [0.15, 0.2) is 4.96 Å². The monoisotopic (exact) mass is 947 g/mol. The normalized spacial score (nSPS) is 11.3. The molecule has 0 saturated heterocycles. The fraction of sp³-hybridized carbons (Fsp3) is 0.585. The van der Waals surface area contributed by atoms with E-state index in [1.165, 1.54) is 38.7 Å². The van der Waals surface area contributed by atoms with E-state index >= 15 is 0 Å². The van der Waals surface area contributed by atoms with Gasteiger partial charge in [0.25, 0.3) is 11.8 Å². The first-order chi connectivity index (χ1) is 32.1. The lowest BCUT2D eigenvalue weighted by Gasteiger charge is -2.20. The number of hydrogen-bond acceptors (Lipinski definition) is 16. The predicted molar refractivity (Wildman–Crippen MR) is 240 cm³/mol.